The molecule has 0 saturated heterocycles. The zero-order chi connectivity index (χ0) is 35.1. The number of phenolic OH excluding ortho intramolecular Hbond substituents is 2. The maximum Gasteiger partial charge on any atom is 0.326 e. The number of rotatable bonds is 16. The fourth-order valence-corrected chi connectivity index (χ4v) is 5.84. The van der Waals surface area contributed by atoms with E-state index in [1.165, 1.54) is 88.4 Å². The molecule has 0 aliphatic carbocycles. The average molecular weight is 667 g/mol. The van der Waals surface area contributed by atoms with Gasteiger partial charge in [-0.2, -0.15) is 0 Å². The van der Waals surface area contributed by atoms with Gasteiger partial charge in [-0.3, -0.25) is 19.2 Å². The average Bonchev–Trinajstić information content (AvgIpc) is 3.06. The van der Waals surface area contributed by atoms with Crippen LogP contribution >= 0.6 is 0 Å². The third-order valence-corrected chi connectivity index (χ3v) is 8.66. The van der Waals surface area contributed by atoms with Crippen molar-refractivity contribution in [1.29, 1.82) is 0 Å². The van der Waals surface area contributed by atoms with Crippen molar-refractivity contribution in [2.75, 3.05) is 20.1 Å². The number of benzene rings is 2. The number of nitrogens with zero attached hydrogens (tertiary/aromatic N) is 1. The smallest absolute Gasteiger partial charge is 0.326 e. The molecule has 2 aromatic rings. The lowest BCUT2D eigenvalue weighted by atomic mass is 9.94. The van der Waals surface area contributed by atoms with Crippen molar-refractivity contribution >= 4 is 29.6 Å². The van der Waals surface area contributed by atoms with Gasteiger partial charge in [-0.1, -0.05) is 83.3 Å². The summed E-state index contributed by atoms with van der Waals surface area (Å²) in [6.45, 7) is 1.30. The second-order valence-electron chi connectivity index (χ2n) is 12.5. The lowest BCUT2D eigenvalue weighted by Crippen LogP contribution is -2.49. The Hall–Kier alpha value is -4.61. The molecule has 0 aromatic heterocycles. The molecule has 0 fully saturated rings. The number of amides is 4. The predicted molar refractivity (Wildman–Crippen MR) is 181 cm³/mol. The molecular formula is C36H50N4O8. The number of aliphatic carboxylic acids is 1. The van der Waals surface area contributed by atoms with Crippen LogP contribution in [0, 0.1) is 0 Å². The number of carbonyl (C=O) groups is 5. The van der Waals surface area contributed by atoms with Gasteiger partial charge in [0.1, 0.15) is 23.6 Å². The number of carbonyl (C=O) groups excluding carboxylic acids is 4. The largest absolute Gasteiger partial charge is 0.507 e. The Morgan fingerprint density at radius 2 is 1.44 bits per heavy atom. The topological polar surface area (TPSA) is 185 Å². The van der Waals surface area contributed by atoms with E-state index in [1.807, 2.05) is 0 Å². The zero-order valence-electron chi connectivity index (χ0n) is 28.1. The highest BCUT2D eigenvalue weighted by atomic mass is 16.4. The van der Waals surface area contributed by atoms with Gasteiger partial charge in [0.15, 0.2) is 0 Å². The van der Waals surface area contributed by atoms with Crippen molar-refractivity contribution in [3.05, 3.63) is 47.5 Å². The highest BCUT2D eigenvalue weighted by molar-refractivity contribution is 5.94. The molecule has 12 nitrogen and oxygen atoms in total. The van der Waals surface area contributed by atoms with Crippen LogP contribution in [-0.4, -0.2) is 76.0 Å². The number of nitrogens with one attached hydrogen (secondary N) is 3. The van der Waals surface area contributed by atoms with E-state index in [0.29, 0.717) is 12.0 Å². The van der Waals surface area contributed by atoms with Crippen molar-refractivity contribution < 1.29 is 39.3 Å². The summed E-state index contributed by atoms with van der Waals surface area (Å²) in [6.07, 6.45) is 12.9. The van der Waals surface area contributed by atoms with Crippen molar-refractivity contribution in [1.82, 2.24) is 20.9 Å². The maximum atomic E-state index is 13.5. The van der Waals surface area contributed by atoms with E-state index in [2.05, 4.69) is 22.9 Å². The molecule has 3 rings (SSSR count). The molecule has 0 radical (unpaired) electrons. The molecule has 6 N–H and O–H groups in total. The Labute approximate surface area is 282 Å². The van der Waals surface area contributed by atoms with Crippen molar-refractivity contribution in [2.45, 2.75) is 102 Å². The Balaban J connectivity index is 1.66. The Morgan fingerprint density at radius 3 is 2.06 bits per heavy atom. The molecule has 1 aliphatic rings. The van der Waals surface area contributed by atoms with Gasteiger partial charge in [0.2, 0.25) is 23.6 Å². The molecule has 48 heavy (non-hydrogen) atoms. The number of hydrogen-bond acceptors (Lipinski definition) is 7. The summed E-state index contributed by atoms with van der Waals surface area (Å²) in [4.78, 5) is 64.9. The Kier molecular flexibility index (Phi) is 15.2. The summed E-state index contributed by atoms with van der Waals surface area (Å²) in [7, 11) is 1.39. The van der Waals surface area contributed by atoms with Gasteiger partial charge in [-0.15, -0.1) is 0 Å². The first-order valence-electron chi connectivity index (χ1n) is 17.0. The van der Waals surface area contributed by atoms with Gasteiger partial charge < -0.3 is 36.2 Å². The van der Waals surface area contributed by atoms with Crippen LogP contribution in [0.1, 0.15) is 101 Å². The maximum absolute atomic E-state index is 13.5. The standard InChI is InChI=1S/C36H50N4O8/c1-3-4-5-6-7-8-9-10-11-12-13-14-31(43)37-23-33(45)40(2)34-25-16-18-30(42)27(21-25)26-19-24(15-17-29(26)41)20-28(36(47)48)39-32(44)22-38-35(34)46/h15-19,21,28,34,41-42H,3-14,20,22-23H2,1-2H3,(H,37,43)(H,38,46)(H,39,44)(H,47,48). The lowest BCUT2D eigenvalue weighted by Gasteiger charge is -2.28. The first kappa shape index (κ1) is 37.8. The fourth-order valence-electron chi connectivity index (χ4n) is 5.84. The van der Waals surface area contributed by atoms with Crippen molar-refractivity contribution in [3.63, 3.8) is 0 Å². The highest BCUT2D eigenvalue weighted by Gasteiger charge is 2.31. The minimum Gasteiger partial charge on any atom is -0.507 e. The van der Waals surface area contributed by atoms with Crippen LogP contribution in [0.2, 0.25) is 0 Å². The number of aromatic hydroxyl groups is 2. The van der Waals surface area contributed by atoms with E-state index in [4.69, 9.17) is 0 Å². The van der Waals surface area contributed by atoms with Crippen molar-refractivity contribution in [2.24, 2.45) is 0 Å². The van der Waals surface area contributed by atoms with Crippen LogP contribution in [0.5, 0.6) is 11.5 Å². The number of carboxylic acid groups (broad SMARTS) is 1. The molecule has 2 aromatic carbocycles. The van der Waals surface area contributed by atoms with Crippen LogP contribution in [0.25, 0.3) is 11.1 Å². The van der Waals surface area contributed by atoms with Crippen LogP contribution in [-0.2, 0) is 30.4 Å². The van der Waals surface area contributed by atoms with Gasteiger partial charge in [0.25, 0.3) is 0 Å². The molecular weight excluding hydrogens is 616 g/mol. The molecule has 1 aliphatic heterocycles. The first-order valence-corrected chi connectivity index (χ1v) is 17.0. The molecule has 4 amide bonds. The van der Waals surface area contributed by atoms with Crippen LogP contribution < -0.4 is 16.0 Å². The fraction of sp³-hybridized carbons (Fsp3) is 0.528. The summed E-state index contributed by atoms with van der Waals surface area (Å²) in [5.74, 6) is -4.06. The van der Waals surface area contributed by atoms with E-state index in [-0.39, 0.29) is 53.5 Å². The summed E-state index contributed by atoms with van der Waals surface area (Å²) >= 11 is 0. The SMILES string of the molecule is CCCCCCCCCCCCCC(=O)NCC(=O)N(C)C1C(=O)NCC(=O)NC(C(=O)O)Cc2ccc(O)c(c2)-c2cc1ccc2O. The molecule has 1 heterocycles. The lowest BCUT2D eigenvalue weighted by molar-refractivity contribution is -0.142. The summed E-state index contributed by atoms with van der Waals surface area (Å²) in [6, 6.07) is 5.96. The van der Waals surface area contributed by atoms with Gasteiger partial charge in [-0.25, -0.2) is 4.79 Å². The second-order valence-corrected chi connectivity index (χ2v) is 12.5. The van der Waals surface area contributed by atoms with Crippen LogP contribution in [0.4, 0.5) is 0 Å². The Bertz CT molecular complexity index is 1430. The zero-order valence-corrected chi connectivity index (χ0v) is 28.1. The van der Waals surface area contributed by atoms with Crippen molar-refractivity contribution in [3.8, 4) is 22.6 Å². The number of likely N-dealkylation sites (N-methyl/N-ethyl adjacent to an activating group) is 1. The molecule has 0 spiro atoms. The Morgan fingerprint density at radius 1 is 0.854 bits per heavy atom. The third-order valence-electron chi connectivity index (χ3n) is 8.66. The number of hydrogen-bond donors (Lipinski definition) is 6. The van der Waals surface area contributed by atoms with E-state index in [1.54, 1.807) is 0 Å². The number of carboxylic acids is 1. The molecule has 2 unspecified atom stereocenters. The van der Waals surface area contributed by atoms with Gasteiger partial charge >= 0.3 is 5.97 Å². The van der Waals surface area contributed by atoms with E-state index in [9.17, 15) is 39.3 Å². The van der Waals surface area contributed by atoms with Gasteiger partial charge in [-0.05, 0) is 41.8 Å². The molecule has 12 heteroatoms. The first-order chi connectivity index (χ1) is 23.0. The highest BCUT2D eigenvalue weighted by Crippen LogP contribution is 2.38. The molecule has 262 valence electrons. The normalized spacial score (nSPS) is 16.3. The quantitative estimate of drug-likeness (QED) is 0.143. The van der Waals surface area contributed by atoms with E-state index >= 15 is 0 Å². The summed E-state index contributed by atoms with van der Waals surface area (Å²) in [5, 5.41) is 38.5. The second kappa shape index (κ2) is 19.3. The van der Waals surface area contributed by atoms with E-state index < -0.39 is 42.3 Å². The predicted octanol–water partition coefficient (Wildman–Crippen LogP) is 4.32. The minimum absolute atomic E-state index is 0.117. The summed E-state index contributed by atoms with van der Waals surface area (Å²) < 4.78 is 0. The molecule has 4 bridgehead atoms. The number of phenols is 2. The van der Waals surface area contributed by atoms with Crippen LogP contribution in [0.15, 0.2) is 36.4 Å². The molecule has 2 atom stereocenters. The van der Waals surface area contributed by atoms with Crippen LogP contribution in [0.3, 0.4) is 0 Å². The monoisotopic (exact) mass is 666 g/mol. The third kappa shape index (κ3) is 11.6. The summed E-state index contributed by atoms with van der Waals surface area (Å²) in [5.41, 5.74) is 1.06. The van der Waals surface area contributed by atoms with E-state index in [0.717, 1.165) is 24.2 Å². The minimum atomic E-state index is -1.33. The van der Waals surface area contributed by atoms with Gasteiger partial charge in [0, 0.05) is 31.0 Å². The van der Waals surface area contributed by atoms with Gasteiger partial charge in [0.05, 0.1) is 13.1 Å². The number of fused-ring (bicyclic) bond motifs is 5. The molecule has 0 saturated carbocycles. The number of unbranched alkanes of at least 4 members (excludes halogenated alkanes) is 10.